The van der Waals surface area contributed by atoms with Gasteiger partial charge in [-0.1, -0.05) is 121 Å². The van der Waals surface area contributed by atoms with Gasteiger partial charge in [-0.05, 0) is 68.6 Å². The predicted octanol–water partition coefficient (Wildman–Crippen LogP) is 4.96. The molecule has 0 aliphatic rings. The average molecular weight is 598 g/mol. The number of rotatable bonds is 12. The van der Waals surface area contributed by atoms with Crippen LogP contribution >= 0.6 is 14.8 Å². The second-order valence-electron chi connectivity index (χ2n) is 9.62. The number of benzene rings is 4. The minimum atomic E-state index is -2.62. The summed E-state index contributed by atoms with van der Waals surface area (Å²) in [6.07, 6.45) is 2.51. The lowest BCUT2D eigenvalue weighted by Gasteiger charge is -2.32. The Hall–Kier alpha value is -3.98. The first kappa shape index (κ1) is 31.0. The minimum absolute atomic E-state index is 0.218. The first-order valence-corrected chi connectivity index (χ1v) is 17.5. The molecule has 4 rings (SSSR count). The van der Waals surface area contributed by atoms with Gasteiger partial charge in [0.25, 0.3) is 0 Å². The highest BCUT2D eigenvalue weighted by molar-refractivity contribution is 7.92. The van der Waals surface area contributed by atoms with Gasteiger partial charge in [-0.25, -0.2) is 15.0 Å². The van der Waals surface area contributed by atoms with Crippen molar-refractivity contribution in [2.45, 2.75) is 20.3 Å². The van der Waals surface area contributed by atoms with Gasteiger partial charge in [0.1, 0.15) is 0 Å². The number of nitrogens with two attached hydrogens (primary N) is 1. The number of carbonyl (C=O) groups excluding carboxylic acids is 2. The van der Waals surface area contributed by atoms with Gasteiger partial charge in [0, 0.05) is 0 Å². The summed E-state index contributed by atoms with van der Waals surface area (Å²) in [5.41, 5.74) is 8.08. The molecule has 0 bridgehead atoms. The summed E-state index contributed by atoms with van der Waals surface area (Å²) in [4.78, 5) is 25.5. The Morgan fingerprint density at radius 2 is 1.24 bits per heavy atom. The van der Waals surface area contributed by atoms with E-state index in [1.54, 1.807) is 13.8 Å². The van der Waals surface area contributed by atoms with E-state index in [-0.39, 0.29) is 6.61 Å². The number of primary amides is 1. The van der Waals surface area contributed by atoms with Crippen LogP contribution in [0.15, 0.2) is 126 Å². The zero-order valence-corrected chi connectivity index (χ0v) is 25.8. The largest absolute Gasteiger partial charge is 0.462 e. The van der Waals surface area contributed by atoms with Gasteiger partial charge < -0.3 is 10.5 Å². The fourth-order valence-electron chi connectivity index (χ4n) is 5.20. The molecule has 3 N–H and O–H groups in total. The van der Waals surface area contributed by atoms with Gasteiger partial charge in [-0.3, -0.25) is 0 Å². The predicted molar refractivity (Wildman–Crippen MR) is 180 cm³/mol. The molecular weight excluding hydrogens is 560 g/mol. The van der Waals surface area contributed by atoms with E-state index < -0.39 is 26.8 Å². The summed E-state index contributed by atoms with van der Waals surface area (Å²) >= 11 is 0. The van der Waals surface area contributed by atoms with Gasteiger partial charge in [0.2, 0.25) is 0 Å². The number of hydrogen-bond donors (Lipinski definition) is 2. The third-order valence-corrected chi connectivity index (χ3v) is 14.2. The second-order valence-corrected chi connectivity index (χ2v) is 15.5. The molecule has 6 nitrogen and oxygen atoms in total. The average Bonchev–Trinajstić information content (AvgIpc) is 3.03. The molecule has 2 amide bonds. The number of amides is 2. The molecule has 0 fully saturated rings. The number of ether oxygens (including phenoxy) is 1. The zero-order valence-electron chi connectivity index (χ0n) is 24.0. The SMILES string of the molecule is CCOC(=O)C(/C(C)=N/NC(N)=O)=P(CCCP(c1ccccc1)c1ccccc1)(c1ccccc1)c1ccccc1. The molecule has 42 heavy (non-hydrogen) atoms. The molecule has 0 aliphatic heterocycles. The Bertz CT molecular complexity index is 1460. The van der Waals surface area contributed by atoms with Gasteiger partial charge in [-0.2, -0.15) is 5.10 Å². The van der Waals surface area contributed by atoms with Gasteiger partial charge in [-0.15, -0.1) is 0 Å². The maximum Gasteiger partial charge on any atom is 0.340 e. The van der Waals surface area contributed by atoms with Crippen LogP contribution in [-0.2, 0) is 9.53 Å². The van der Waals surface area contributed by atoms with Crippen molar-refractivity contribution in [1.82, 2.24) is 5.43 Å². The Kier molecular flexibility index (Phi) is 11.3. The van der Waals surface area contributed by atoms with Crippen LogP contribution in [0.4, 0.5) is 4.79 Å². The summed E-state index contributed by atoms with van der Waals surface area (Å²) in [6.45, 7) is 1.13. The molecule has 0 atom stereocenters. The lowest BCUT2D eigenvalue weighted by atomic mass is 10.3. The molecule has 4 aromatic rings. The fourth-order valence-corrected chi connectivity index (χ4v) is 12.3. The Morgan fingerprint density at radius 3 is 1.67 bits per heavy atom. The van der Waals surface area contributed by atoms with E-state index in [0.717, 1.165) is 29.4 Å². The number of hydrazone groups is 1. The molecular formula is C34H37N3O3P2. The van der Waals surface area contributed by atoms with E-state index in [1.807, 2.05) is 48.5 Å². The number of urea groups is 1. The van der Waals surface area contributed by atoms with Crippen molar-refractivity contribution in [2.75, 3.05) is 18.9 Å². The summed E-state index contributed by atoms with van der Waals surface area (Å²) < 4.78 is 5.68. The molecule has 4 aromatic carbocycles. The van der Waals surface area contributed by atoms with Crippen molar-refractivity contribution >= 4 is 59.0 Å². The lowest BCUT2D eigenvalue weighted by Crippen LogP contribution is -2.36. The summed E-state index contributed by atoms with van der Waals surface area (Å²) in [5.74, 6) is -0.431. The number of nitrogens with zero attached hydrogens (tertiary/aromatic N) is 1. The van der Waals surface area contributed by atoms with Crippen molar-refractivity contribution in [3.8, 4) is 0 Å². The standard InChI is InChI=1S/C34H37N3O3P2/c1-3-40-33(38)32(27(2)36-37-34(35)39)42(30-21-12-6-13-22-30,31-23-14-7-15-24-31)26-16-25-41(28-17-8-4-9-18-28)29-19-10-5-11-20-29/h4-15,17-24H,3,16,25-26H2,1-2H3,(H3,35,37,39)/b36-27+. The van der Waals surface area contributed by atoms with Crippen molar-refractivity contribution < 1.29 is 14.3 Å². The maximum absolute atomic E-state index is 13.9. The van der Waals surface area contributed by atoms with Crippen LogP contribution in [-0.4, -0.2) is 41.9 Å². The lowest BCUT2D eigenvalue weighted by molar-refractivity contribution is -0.134. The molecule has 0 aliphatic carbocycles. The topological polar surface area (TPSA) is 93.8 Å². The quantitative estimate of drug-likeness (QED) is 0.105. The number of hydrogen-bond acceptors (Lipinski definition) is 4. The van der Waals surface area contributed by atoms with Crippen LogP contribution in [0.1, 0.15) is 20.3 Å². The van der Waals surface area contributed by atoms with E-state index in [4.69, 9.17) is 10.5 Å². The third kappa shape index (κ3) is 7.45. The molecule has 216 valence electrons. The fraction of sp³-hybridized carbons (Fsp3) is 0.176. The number of nitrogens with one attached hydrogen (secondary N) is 1. The van der Waals surface area contributed by atoms with Crippen molar-refractivity contribution in [3.05, 3.63) is 121 Å². The van der Waals surface area contributed by atoms with Crippen LogP contribution in [0.25, 0.3) is 0 Å². The van der Waals surface area contributed by atoms with E-state index >= 15 is 0 Å². The first-order valence-electron chi connectivity index (χ1n) is 14.0. The molecule has 0 spiro atoms. The van der Waals surface area contributed by atoms with Crippen LogP contribution in [0, 0.1) is 0 Å². The third-order valence-electron chi connectivity index (χ3n) is 6.93. The molecule has 0 unspecified atom stereocenters. The molecule has 0 radical (unpaired) electrons. The van der Waals surface area contributed by atoms with Gasteiger partial charge in [0.15, 0.2) is 0 Å². The molecule has 0 saturated carbocycles. The summed E-state index contributed by atoms with van der Waals surface area (Å²) in [7, 11) is -0.625. The Labute approximate surface area is 249 Å². The molecule has 0 saturated heterocycles. The van der Waals surface area contributed by atoms with Crippen molar-refractivity contribution in [2.24, 2.45) is 10.8 Å². The normalized spacial score (nSPS) is 11.6. The Morgan fingerprint density at radius 1 is 0.786 bits per heavy atom. The van der Waals surface area contributed by atoms with E-state index in [1.165, 1.54) is 10.6 Å². The van der Waals surface area contributed by atoms with Gasteiger partial charge >= 0.3 is 12.0 Å². The minimum Gasteiger partial charge on any atom is -0.462 e. The molecule has 0 aromatic heterocycles. The van der Waals surface area contributed by atoms with E-state index in [0.29, 0.717) is 11.0 Å². The van der Waals surface area contributed by atoms with E-state index in [9.17, 15) is 9.59 Å². The van der Waals surface area contributed by atoms with Crippen LogP contribution in [0.5, 0.6) is 0 Å². The molecule has 8 heteroatoms. The Balaban J connectivity index is 1.93. The number of esters is 1. The van der Waals surface area contributed by atoms with Crippen molar-refractivity contribution in [3.63, 3.8) is 0 Å². The maximum atomic E-state index is 13.9. The highest BCUT2D eigenvalue weighted by Crippen LogP contribution is 2.49. The van der Waals surface area contributed by atoms with Gasteiger partial charge in [0.05, 0.1) is 17.6 Å². The number of carbonyl (C=O) groups is 2. The van der Waals surface area contributed by atoms with Crippen LogP contribution < -0.4 is 32.4 Å². The highest BCUT2D eigenvalue weighted by atomic mass is 31.2. The van der Waals surface area contributed by atoms with Crippen LogP contribution in [0.2, 0.25) is 0 Å². The van der Waals surface area contributed by atoms with Crippen LogP contribution in [0.3, 0.4) is 0 Å². The first-order chi connectivity index (χ1) is 20.5. The molecule has 0 heterocycles. The van der Waals surface area contributed by atoms with E-state index in [2.05, 4.69) is 83.3 Å². The van der Waals surface area contributed by atoms with Crippen molar-refractivity contribution in [1.29, 1.82) is 0 Å². The monoisotopic (exact) mass is 597 g/mol. The highest BCUT2D eigenvalue weighted by Gasteiger charge is 2.34. The summed E-state index contributed by atoms with van der Waals surface area (Å²) in [5, 5.41) is 9.50. The second kappa shape index (κ2) is 15.3. The zero-order chi connectivity index (χ0) is 29.8. The summed E-state index contributed by atoms with van der Waals surface area (Å²) in [6, 6.07) is 40.8. The smallest absolute Gasteiger partial charge is 0.340 e.